The third kappa shape index (κ3) is 4.21. The Morgan fingerprint density at radius 2 is 0.962 bits per heavy atom. The fourth-order valence-electron chi connectivity index (χ4n) is 8.22. The van der Waals surface area contributed by atoms with Gasteiger partial charge in [-0.1, -0.05) is 133 Å². The van der Waals surface area contributed by atoms with Gasteiger partial charge in [-0.2, -0.15) is 0 Å². The second-order valence-electron chi connectivity index (χ2n) is 13.4. The van der Waals surface area contributed by atoms with Crippen molar-refractivity contribution in [2.24, 2.45) is 0 Å². The molecule has 0 unspecified atom stereocenters. The van der Waals surface area contributed by atoms with E-state index in [9.17, 15) is 0 Å². The van der Waals surface area contributed by atoms with E-state index in [0.717, 1.165) is 72.2 Å². The minimum absolute atomic E-state index is 0.809. The summed E-state index contributed by atoms with van der Waals surface area (Å²) in [7, 11) is 0. The molecule has 0 saturated heterocycles. The first-order valence-electron chi connectivity index (χ1n) is 17.7. The predicted molar refractivity (Wildman–Crippen MR) is 217 cm³/mol. The maximum atomic E-state index is 5.64. The van der Waals surface area contributed by atoms with Gasteiger partial charge in [-0.25, -0.2) is 9.97 Å². The van der Waals surface area contributed by atoms with Crippen molar-refractivity contribution in [1.29, 1.82) is 0 Å². The molecule has 0 aliphatic carbocycles. The number of para-hydroxylation sites is 2. The number of rotatable bonds is 4. The highest BCUT2D eigenvalue weighted by Crippen LogP contribution is 2.43. The predicted octanol–water partition coefficient (Wildman–Crippen LogP) is 12.3. The number of hydrogen-bond donors (Lipinski definition) is 0. The van der Waals surface area contributed by atoms with Gasteiger partial charge in [-0.3, -0.25) is 4.57 Å². The molecule has 0 bridgehead atoms. The highest BCUT2D eigenvalue weighted by atomic mass is 15.1. The van der Waals surface area contributed by atoms with E-state index in [1.54, 1.807) is 0 Å². The van der Waals surface area contributed by atoms with E-state index in [-0.39, 0.29) is 0 Å². The summed E-state index contributed by atoms with van der Waals surface area (Å²) in [6.07, 6.45) is 0. The van der Waals surface area contributed by atoms with Crippen LogP contribution in [0.2, 0.25) is 0 Å². The van der Waals surface area contributed by atoms with Crippen LogP contribution < -0.4 is 0 Å². The number of hydrogen-bond acceptors (Lipinski definition) is 2. The van der Waals surface area contributed by atoms with Crippen molar-refractivity contribution >= 4 is 65.4 Å². The fraction of sp³-hybridized carbons (Fsp3) is 0. The molecule has 0 radical (unpaired) electrons. The molecule has 52 heavy (non-hydrogen) atoms. The number of benzene rings is 8. The molecule has 3 aromatic heterocycles. The van der Waals surface area contributed by atoms with E-state index in [1.165, 1.54) is 27.1 Å². The molecule has 0 N–H and O–H groups in total. The largest absolute Gasteiger partial charge is 0.309 e. The summed E-state index contributed by atoms with van der Waals surface area (Å²) in [5, 5.41) is 7.03. The minimum Gasteiger partial charge on any atom is -0.309 e. The van der Waals surface area contributed by atoms with E-state index in [4.69, 9.17) is 9.97 Å². The second kappa shape index (κ2) is 11.2. The molecule has 11 aromatic rings. The highest BCUT2D eigenvalue weighted by molar-refractivity contribution is 6.28. The molecule has 4 heteroatoms. The van der Waals surface area contributed by atoms with Crippen LogP contribution in [0.3, 0.4) is 0 Å². The van der Waals surface area contributed by atoms with Crippen LogP contribution in [0.4, 0.5) is 0 Å². The molecule has 0 aliphatic heterocycles. The van der Waals surface area contributed by atoms with Crippen LogP contribution in [0, 0.1) is 0 Å². The van der Waals surface area contributed by atoms with Crippen LogP contribution in [0.15, 0.2) is 182 Å². The lowest BCUT2D eigenvalue weighted by atomic mass is 10.0. The quantitative estimate of drug-likeness (QED) is 0.176. The van der Waals surface area contributed by atoms with Gasteiger partial charge in [0.25, 0.3) is 0 Å². The van der Waals surface area contributed by atoms with Crippen molar-refractivity contribution in [2.75, 3.05) is 0 Å². The van der Waals surface area contributed by atoms with Crippen LogP contribution in [-0.4, -0.2) is 19.1 Å². The third-order valence-electron chi connectivity index (χ3n) is 10.5. The van der Waals surface area contributed by atoms with Crippen LogP contribution in [0.1, 0.15) is 0 Å². The fourth-order valence-corrected chi connectivity index (χ4v) is 8.22. The van der Waals surface area contributed by atoms with Crippen LogP contribution >= 0.6 is 0 Å². The molecule has 0 spiro atoms. The molecule has 0 fully saturated rings. The molecule has 0 saturated carbocycles. The summed E-state index contributed by atoms with van der Waals surface area (Å²) in [4.78, 5) is 11.1. The summed E-state index contributed by atoms with van der Waals surface area (Å²) >= 11 is 0. The zero-order valence-electron chi connectivity index (χ0n) is 28.1. The summed E-state index contributed by atoms with van der Waals surface area (Å²) in [5.41, 5.74) is 11.5. The van der Waals surface area contributed by atoms with Gasteiger partial charge in [-0.15, -0.1) is 0 Å². The average molecular weight is 663 g/mol. The summed E-state index contributed by atoms with van der Waals surface area (Å²) in [5.74, 6) is 0.809. The number of aromatic nitrogens is 4. The summed E-state index contributed by atoms with van der Waals surface area (Å²) < 4.78 is 4.76. The Labute approximate surface area is 299 Å². The monoisotopic (exact) mass is 662 g/mol. The van der Waals surface area contributed by atoms with Gasteiger partial charge in [0.1, 0.15) is 5.69 Å². The van der Waals surface area contributed by atoms with Gasteiger partial charge in [0.05, 0.1) is 33.1 Å². The van der Waals surface area contributed by atoms with Crippen molar-refractivity contribution < 1.29 is 0 Å². The van der Waals surface area contributed by atoms with Crippen molar-refractivity contribution in [1.82, 2.24) is 19.1 Å². The molecule has 242 valence electrons. The Hall–Kier alpha value is -7.04. The Morgan fingerprint density at radius 1 is 0.365 bits per heavy atom. The molecule has 0 aliphatic rings. The summed E-state index contributed by atoms with van der Waals surface area (Å²) in [6, 6.07) is 64.8. The molecule has 3 heterocycles. The smallest absolute Gasteiger partial charge is 0.165 e. The van der Waals surface area contributed by atoms with Crippen LogP contribution in [0.25, 0.3) is 99.3 Å². The van der Waals surface area contributed by atoms with Gasteiger partial charge < -0.3 is 4.57 Å². The van der Waals surface area contributed by atoms with Crippen molar-refractivity contribution in [3.63, 3.8) is 0 Å². The molecule has 0 amide bonds. The summed E-state index contributed by atoms with van der Waals surface area (Å²) in [6.45, 7) is 0. The maximum Gasteiger partial charge on any atom is 0.165 e. The van der Waals surface area contributed by atoms with E-state index in [0.29, 0.717) is 0 Å². The normalized spacial score (nSPS) is 11.8. The molecule has 0 atom stereocenters. The van der Waals surface area contributed by atoms with Gasteiger partial charge in [-0.05, 0) is 70.4 Å². The Balaban J connectivity index is 1.32. The van der Waals surface area contributed by atoms with E-state index in [1.807, 2.05) is 0 Å². The zero-order valence-corrected chi connectivity index (χ0v) is 28.1. The van der Waals surface area contributed by atoms with Crippen LogP contribution in [0.5, 0.6) is 0 Å². The van der Waals surface area contributed by atoms with Crippen LogP contribution in [-0.2, 0) is 0 Å². The van der Waals surface area contributed by atoms with E-state index >= 15 is 0 Å². The van der Waals surface area contributed by atoms with E-state index in [2.05, 4.69) is 191 Å². The minimum atomic E-state index is 0.809. The third-order valence-corrected chi connectivity index (χ3v) is 10.5. The topological polar surface area (TPSA) is 35.6 Å². The lowest BCUT2D eigenvalue weighted by Gasteiger charge is -2.16. The maximum absolute atomic E-state index is 5.64. The standard InChI is InChI=1S/C48H30N4/c1-3-14-31(15-4-1)33-17-11-18-34(30-33)46-48(50-47-36-21-8-7-16-32(36)28-29-39(47)49-46)52-41-25-12-23-38-37-22-9-10-24-40(37)51(35-19-5-2-6-20-35)42-26-13-27-43(52)45(42)44(38)41/h1-30H. The van der Waals surface area contributed by atoms with Gasteiger partial charge in [0.15, 0.2) is 5.82 Å². The first-order chi connectivity index (χ1) is 25.8. The SMILES string of the molecule is c1ccc(-c2cccc(-c3nc4ccc5ccccc5c4nc3-n3c4cccc5c6ccccc6n(-c6ccccc6)c6cccc3c6c54)c2)cc1. The number of nitrogens with zero attached hydrogens (tertiary/aromatic N) is 4. The van der Waals surface area contributed by atoms with Gasteiger partial charge in [0, 0.05) is 32.8 Å². The molecule has 4 nitrogen and oxygen atoms in total. The van der Waals surface area contributed by atoms with Gasteiger partial charge in [0.2, 0.25) is 0 Å². The Morgan fingerprint density at radius 3 is 1.81 bits per heavy atom. The van der Waals surface area contributed by atoms with Crippen molar-refractivity contribution in [2.45, 2.75) is 0 Å². The molecule has 8 aromatic carbocycles. The van der Waals surface area contributed by atoms with Crippen molar-refractivity contribution in [3.8, 4) is 33.9 Å². The average Bonchev–Trinajstić information content (AvgIpc) is 3.50. The first kappa shape index (κ1) is 28.8. The Bertz CT molecular complexity index is 3170. The number of fused-ring (bicyclic) bond motifs is 5. The Kier molecular flexibility index (Phi) is 6.22. The highest BCUT2D eigenvalue weighted by Gasteiger charge is 2.24. The lowest BCUT2D eigenvalue weighted by molar-refractivity contribution is 1.08. The van der Waals surface area contributed by atoms with Gasteiger partial charge >= 0.3 is 0 Å². The molecule has 11 rings (SSSR count). The second-order valence-corrected chi connectivity index (χ2v) is 13.4. The lowest BCUT2D eigenvalue weighted by Crippen LogP contribution is -2.04. The molecular formula is C48H30N4. The van der Waals surface area contributed by atoms with E-state index < -0.39 is 0 Å². The first-order valence-corrected chi connectivity index (χ1v) is 17.7. The zero-order chi connectivity index (χ0) is 34.2. The molecular weight excluding hydrogens is 633 g/mol. The van der Waals surface area contributed by atoms with Crippen molar-refractivity contribution in [3.05, 3.63) is 182 Å².